The van der Waals surface area contributed by atoms with Gasteiger partial charge in [-0.1, -0.05) is 29.8 Å². The maximum absolute atomic E-state index is 6.09. The lowest BCUT2D eigenvalue weighted by Gasteiger charge is -2.16. The molecule has 0 aliphatic rings. The first-order valence-electron chi connectivity index (χ1n) is 6.64. The lowest BCUT2D eigenvalue weighted by atomic mass is 10.0. The third-order valence-electron chi connectivity index (χ3n) is 3.11. The second kappa shape index (κ2) is 6.37. The number of benzene rings is 1. The molecule has 0 radical (unpaired) electrons. The molecule has 2 N–H and O–H groups in total. The molecular weight excluding hydrogens is 316 g/mol. The molecule has 0 aliphatic carbocycles. The number of nitrogens with two attached hydrogens (primary N) is 1. The van der Waals surface area contributed by atoms with Crippen LogP contribution in [0.2, 0.25) is 0 Å². The van der Waals surface area contributed by atoms with Crippen LogP contribution in [-0.2, 0) is 6.54 Å². The number of rotatable bonds is 4. The molecule has 2 aromatic rings. The quantitative estimate of drug-likeness (QED) is 0.893. The van der Waals surface area contributed by atoms with Gasteiger partial charge >= 0.3 is 0 Å². The Bertz CT molecular complexity index is 611. The first kappa shape index (κ1) is 15.0. The van der Waals surface area contributed by atoms with Gasteiger partial charge in [-0.15, -0.1) is 0 Å². The van der Waals surface area contributed by atoms with Crippen molar-refractivity contribution in [3.63, 3.8) is 0 Å². The van der Waals surface area contributed by atoms with E-state index < -0.39 is 0 Å². The van der Waals surface area contributed by atoms with Gasteiger partial charge in [-0.05, 0) is 36.6 Å². The van der Waals surface area contributed by atoms with Crippen LogP contribution in [0.5, 0.6) is 11.5 Å². The number of nitrogens with zero attached hydrogens (tertiary/aromatic N) is 1. The fraction of sp³-hybridized carbons (Fsp3) is 0.312. The average molecular weight is 335 g/mol. The summed E-state index contributed by atoms with van der Waals surface area (Å²) in [5.74, 6) is 2.03. The van der Waals surface area contributed by atoms with Crippen molar-refractivity contribution in [1.29, 1.82) is 0 Å². The molecule has 20 heavy (non-hydrogen) atoms. The molecule has 1 aromatic carbocycles. The number of ether oxygens (including phenoxy) is 1. The van der Waals surface area contributed by atoms with Crippen molar-refractivity contribution in [3.8, 4) is 11.5 Å². The second-order valence-electron chi connectivity index (χ2n) is 5.08. The zero-order valence-electron chi connectivity index (χ0n) is 12.0. The van der Waals surface area contributed by atoms with E-state index in [9.17, 15) is 0 Å². The molecule has 0 saturated carbocycles. The van der Waals surface area contributed by atoms with Gasteiger partial charge < -0.3 is 10.5 Å². The summed E-state index contributed by atoms with van der Waals surface area (Å²) in [6, 6.07) is 7.98. The second-order valence-corrected chi connectivity index (χ2v) is 5.99. The van der Waals surface area contributed by atoms with Gasteiger partial charge in [0.15, 0.2) is 0 Å². The zero-order chi connectivity index (χ0) is 14.7. The standard InChI is InChI=1S/C16H19BrN2O/c1-10(2)14-7-13(17)4-5-15(14)20-16-6-11(3)19-9-12(16)8-18/h4-7,9-10H,8,18H2,1-3H3. The first-order valence-corrected chi connectivity index (χ1v) is 7.43. The highest BCUT2D eigenvalue weighted by Crippen LogP contribution is 2.34. The summed E-state index contributed by atoms with van der Waals surface area (Å²) in [5, 5.41) is 0. The Morgan fingerprint density at radius 2 is 2.00 bits per heavy atom. The smallest absolute Gasteiger partial charge is 0.135 e. The summed E-state index contributed by atoms with van der Waals surface area (Å²) in [6.45, 7) is 6.65. The molecule has 2 rings (SSSR count). The van der Waals surface area contributed by atoms with E-state index in [0.717, 1.165) is 32.8 Å². The van der Waals surface area contributed by atoms with Crippen molar-refractivity contribution in [2.45, 2.75) is 33.2 Å². The summed E-state index contributed by atoms with van der Waals surface area (Å²) >= 11 is 3.50. The maximum atomic E-state index is 6.09. The molecule has 0 unspecified atom stereocenters. The summed E-state index contributed by atoms with van der Waals surface area (Å²) in [4.78, 5) is 4.26. The maximum Gasteiger partial charge on any atom is 0.135 e. The normalized spacial score (nSPS) is 10.9. The van der Waals surface area contributed by atoms with Gasteiger partial charge in [0.25, 0.3) is 0 Å². The zero-order valence-corrected chi connectivity index (χ0v) is 13.6. The molecule has 0 amide bonds. The number of hydrogen-bond acceptors (Lipinski definition) is 3. The molecule has 1 aromatic heterocycles. The van der Waals surface area contributed by atoms with Crippen LogP contribution in [0.3, 0.4) is 0 Å². The summed E-state index contributed by atoms with van der Waals surface area (Å²) in [6.07, 6.45) is 1.78. The van der Waals surface area contributed by atoms with Gasteiger partial charge in [-0.2, -0.15) is 0 Å². The Labute approximate surface area is 128 Å². The Balaban J connectivity index is 2.42. The van der Waals surface area contributed by atoms with Crippen molar-refractivity contribution in [2.24, 2.45) is 5.73 Å². The average Bonchev–Trinajstić information content (AvgIpc) is 2.41. The lowest BCUT2D eigenvalue weighted by molar-refractivity contribution is 0.465. The Morgan fingerprint density at radius 3 is 2.65 bits per heavy atom. The van der Waals surface area contributed by atoms with Gasteiger partial charge in [0.05, 0.1) is 0 Å². The molecule has 0 fully saturated rings. The van der Waals surface area contributed by atoms with E-state index in [0.29, 0.717) is 12.5 Å². The van der Waals surface area contributed by atoms with Crippen molar-refractivity contribution in [1.82, 2.24) is 4.98 Å². The van der Waals surface area contributed by atoms with E-state index in [1.807, 2.05) is 25.1 Å². The largest absolute Gasteiger partial charge is 0.457 e. The van der Waals surface area contributed by atoms with Crippen LogP contribution in [0.25, 0.3) is 0 Å². The minimum Gasteiger partial charge on any atom is -0.457 e. The highest BCUT2D eigenvalue weighted by atomic mass is 79.9. The fourth-order valence-corrected chi connectivity index (χ4v) is 2.37. The molecule has 106 valence electrons. The van der Waals surface area contributed by atoms with Crippen molar-refractivity contribution in [2.75, 3.05) is 0 Å². The first-order chi connectivity index (χ1) is 9.51. The summed E-state index contributed by atoms with van der Waals surface area (Å²) < 4.78 is 7.14. The number of halogens is 1. The van der Waals surface area contributed by atoms with Crippen molar-refractivity contribution >= 4 is 15.9 Å². The minimum atomic E-state index is 0.381. The van der Waals surface area contributed by atoms with E-state index in [4.69, 9.17) is 10.5 Å². The highest BCUT2D eigenvalue weighted by molar-refractivity contribution is 9.10. The molecule has 3 nitrogen and oxygen atoms in total. The predicted octanol–water partition coefficient (Wildman–Crippen LogP) is 4.53. The number of aryl methyl sites for hydroxylation is 1. The molecule has 0 saturated heterocycles. The summed E-state index contributed by atoms with van der Waals surface area (Å²) in [5.41, 5.74) is 8.74. The van der Waals surface area contributed by atoms with Gasteiger partial charge in [0.2, 0.25) is 0 Å². The van der Waals surface area contributed by atoms with E-state index in [2.05, 4.69) is 40.8 Å². The Morgan fingerprint density at radius 1 is 1.25 bits per heavy atom. The van der Waals surface area contributed by atoms with Crippen LogP contribution in [0, 0.1) is 6.92 Å². The molecule has 0 bridgehead atoms. The number of hydrogen-bond donors (Lipinski definition) is 1. The lowest BCUT2D eigenvalue weighted by Crippen LogP contribution is -2.02. The monoisotopic (exact) mass is 334 g/mol. The molecule has 0 spiro atoms. The van der Waals surface area contributed by atoms with E-state index in [-0.39, 0.29) is 0 Å². The van der Waals surface area contributed by atoms with Crippen LogP contribution in [0.15, 0.2) is 34.9 Å². The van der Waals surface area contributed by atoms with Crippen LogP contribution < -0.4 is 10.5 Å². The third-order valence-corrected chi connectivity index (χ3v) is 3.61. The van der Waals surface area contributed by atoms with Crippen LogP contribution in [0.4, 0.5) is 0 Å². The number of aromatic nitrogens is 1. The van der Waals surface area contributed by atoms with Crippen LogP contribution in [0.1, 0.15) is 36.6 Å². The van der Waals surface area contributed by atoms with Crippen LogP contribution in [-0.4, -0.2) is 4.98 Å². The highest BCUT2D eigenvalue weighted by Gasteiger charge is 2.12. The van der Waals surface area contributed by atoms with E-state index in [1.54, 1.807) is 6.20 Å². The SMILES string of the molecule is Cc1cc(Oc2ccc(Br)cc2C(C)C)c(CN)cn1. The van der Waals surface area contributed by atoms with Crippen molar-refractivity contribution < 1.29 is 4.74 Å². The van der Waals surface area contributed by atoms with E-state index >= 15 is 0 Å². The van der Waals surface area contributed by atoms with E-state index in [1.165, 1.54) is 0 Å². The molecule has 0 atom stereocenters. The van der Waals surface area contributed by atoms with Gasteiger partial charge in [-0.3, -0.25) is 4.98 Å². The van der Waals surface area contributed by atoms with Crippen LogP contribution >= 0.6 is 15.9 Å². The predicted molar refractivity (Wildman–Crippen MR) is 85.2 cm³/mol. The molecule has 1 heterocycles. The summed E-state index contributed by atoms with van der Waals surface area (Å²) in [7, 11) is 0. The molecule has 4 heteroatoms. The molecular formula is C16H19BrN2O. The van der Waals surface area contributed by atoms with Crippen molar-refractivity contribution in [3.05, 3.63) is 51.8 Å². The Hall–Kier alpha value is -1.39. The Kier molecular flexibility index (Phi) is 4.78. The third kappa shape index (κ3) is 3.38. The minimum absolute atomic E-state index is 0.381. The van der Waals surface area contributed by atoms with Gasteiger partial charge in [-0.25, -0.2) is 0 Å². The molecule has 0 aliphatic heterocycles. The van der Waals surface area contributed by atoms with Gasteiger partial charge in [0, 0.05) is 34.5 Å². The van der Waals surface area contributed by atoms with Gasteiger partial charge in [0.1, 0.15) is 11.5 Å². The fourth-order valence-electron chi connectivity index (χ4n) is 1.99. The number of pyridine rings is 1. The topological polar surface area (TPSA) is 48.1 Å².